The zero-order valence-corrected chi connectivity index (χ0v) is 11.1. The van der Waals surface area contributed by atoms with E-state index in [-0.39, 0.29) is 18.5 Å². The second kappa shape index (κ2) is 5.31. The van der Waals surface area contributed by atoms with Crippen LogP contribution in [0.5, 0.6) is 0 Å². The highest BCUT2D eigenvalue weighted by Gasteiger charge is 2.34. The molecule has 3 rings (SSSR count). The zero-order valence-electron chi connectivity index (χ0n) is 11.1. The molecule has 1 aliphatic carbocycles. The van der Waals surface area contributed by atoms with Gasteiger partial charge in [0, 0.05) is 17.2 Å². The van der Waals surface area contributed by atoms with Crippen molar-refractivity contribution in [1.82, 2.24) is 25.5 Å². The molecule has 108 valence electrons. The van der Waals surface area contributed by atoms with E-state index < -0.39 is 5.97 Å². The van der Waals surface area contributed by atoms with Gasteiger partial charge in [-0.05, 0) is 30.2 Å². The van der Waals surface area contributed by atoms with Crippen molar-refractivity contribution in [3.63, 3.8) is 0 Å². The minimum atomic E-state index is -1.01. The van der Waals surface area contributed by atoms with Crippen molar-refractivity contribution in [3.05, 3.63) is 29.8 Å². The van der Waals surface area contributed by atoms with Crippen LogP contribution < -0.4 is 0 Å². The maximum Gasteiger partial charge on any atom is 0.323 e. The molecule has 1 heterocycles. The molecule has 1 aromatic carbocycles. The van der Waals surface area contributed by atoms with E-state index in [0.29, 0.717) is 17.0 Å². The lowest BCUT2D eigenvalue weighted by molar-refractivity contribution is -0.137. The molecule has 1 aromatic heterocycles. The molecule has 0 aliphatic heterocycles. The summed E-state index contributed by atoms with van der Waals surface area (Å²) in [4.78, 5) is 24.8. The smallest absolute Gasteiger partial charge is 0.323 e. The van der Waals surface area contributed by atoms with Crippen LogP contribution in [0.15, 0.2) is 24.3 Å². The van der Waals surface area contributed by atoms with Crippen LogP contribution in [0.2, 0.25) is 0 Å². The van der Waals surface area contributed by atoms with Crippen LogP contribution in [0.1, 0.15) is 23.2 Å². The molecule has 2 N–H and O–H groups in total. The molecule has 1 fully saturated rings. The summed E-state index contributed by atoms with van der Waals surface area (Å²) in [5.74, 6) is -0.907. The molecule has 8 heteroatoms. The minimum absolute atomic E-state index is 0.0300. The van der Waals surface area contributed by atoms with E-state index in [9.17, 15) is 9.59 Å². The van der Waals surface area contributed by atoms with Crippen molar-refractivity contribution < 1.29 is 14.7 Å². The molecule has 0 bridgehead atoms. The Balaban J connectivity index is 1.86. The normalized spacial score (nSPS) is 13.9. The number of carbonyl (C=O) groups excluding carboxylic acids is 1. The summed E-state index contributed by atoms with van der Waals surface area (Å²) in [5, 5.41) is 22.5. The van der Waals surface area contributed by atoms with Crippen molar-refractivity contribution in [1.29, 1.82) is 0 Å². The number of hydrogen-bond acceptors (Lipinski definition) is 5. The number of tetrazole rings is 1. The Bertz CT molecular complexity index is 666. The fourth-order valence-electron chi connectivity index (χ4n) is 2.14. The second-order valence-electron chi connectivity index (χ2n) is 4.87. The monoisotopic (exact) mass is 287 g/mol. The van der Waals surface area contributed by atoms with E-state index in [0.717, 1.165) is 12.8 Å². The number of aromatic nitrogens is 4. The zero-order chi connectivity index (χ0) is 14.8. The van der Waals surface area contributed by atoms with Gasteiger partial charge in [0.2, 0.25) is 5.82 Å². The van der Waals surface area contributed by atoms with Gasteiger partial charge in [0.25, 0.3) is 5.91 Å². The summed E-state index contributed by atoms with van der Waals surface area (Å²) in [6.07, 6.45) is 1.70. The quantitative estimate of drug-likeness (QED) is 0.830. The van der Waals surface area contributed by atoms with Crippen LogP contribution in [0.3, 0.4) is 0 Å². The van der Waals surface area contributed by atoms with Crippen molar-refractivity contribution in [3.8, 4) is 11.4 Å². The van der Waals surface area contributed by atoms with Gasteiger partial charge in [-0.2, -0.15) is 5.21 Å². The van der Waals surface area contributed by atoms with Gasteiger partial charge in [-0.3, -0.25) is 9.59 Å². The Kier molecular flexibility index (Phi) is 3.35. The average Bonchev–Trinajstić information content (AvgIpc) is 3.17. The Morgan fingerprint density at radius 2 is 2.19 bits per heavy atom. The molecular weight excluding hydrogens is 274 g/mol. The average molecular weight is 287 g/mol. The standard InChI is InChI=1S/C13H13N5O3/c19-11(20)7-18(10-4-5-10)13(21)9-3-1-2-8(6-9)12-14-16-17-15-12/h1-3,6,10H,4-5,7H2,(H,19,20)(H,14,15,16,17). The number of nitrogens with zero attached hydrogens (tertiary/aromatic N) is 4. The largest absolute Gasteiger partial charge is 0.480 e. The number of aromatic amines is 1. The molecule has 0 unspecified atom stereocenters. The number of aliphatic carboxylic acids is 1. The first-order valence-electron chi connectivity index (χ1n) is 6.52. The highest BCUT2D eigenvalue weighted by atomic mass is 16.4. The van der Waals surface area contributed by atoms with Gasteiger partial charge in [-0.1, -0.05) is 12.1 Å². The Morgan fingerprint density at radius 3 is 2.81 bits per heavy atom. The van der Waals surface area contributed by atoms with Crippen molar-refractivity contribution in [2.45, 2.75) is 18.9 Å². The predicted octanol–water partition coefficient (Wildman–Crippen LogP) is 0.556. The van der Waals surface area contributed by atoms with E-state index in [2.05, 4.69) is 20.6 Å². The predicted molar refractivity (Wildman–Crippen MR) is 71.3 cm³/mol. The third kappa shape index (κ3) is 2.88. The first-order valence-corrected chi connectivity index (χ1v) is 6.52. The third-order valence-electron chi connectivity index (χ3n) is 3.27. The highest BCUT2D eigenvalue weighted by Crippen LogP contribution is 2.28. The van der Waals surface area contributed by atoms with E-state index in [1.807, 2.05) is 0 Å². The SMILES string of the molecule is O=C(O)CN(C(=O)c1cccc(-c2nn[nH]n2)c1)C1CC1. The molecule has 21 heavy (non-hydrogen) atoms. The summed E-state index contributed by atoms with van der Waals surface area (Å²) in [5.41, 5.74) is 1.08. The van der Waals surface area contributed by atoms with Crippen LogP contribution in [0, 0.1) is 0 Å². The summed E-state index contributed by atoms with van der Waals surface area (Å²) >= 11 is 0. The van der Waals surface area contributed by atoms with Crippen LogP contribution in [0.4, 0.5) is 0 Å². The second-order valence-corrected chi connectivity index (χ2v) is 4.87. The maximum atomic E-state index is 12.5. The van der Waals surface area contributed by atoms with Gasteiger partial charge in [-0.25, -0.2) is 0 Å². The molecular formula is C13H13N5O3. The number of H-pyrrole nitrogens is 1. The molecule has 8 nitrogen and oxygen atoms in total. The Labute approximate surface area is 119 Å². The van der Waals surface area contributed by atoms with Crippen LogP contribution in [-0.2, 0) is 4.79 Å². The van der Waals surface area contributed by atoms with Gasteiger partial charge < -0.3 is 10.0 Å². The van der Waals surface area contributed by atoms with Gasteiger partial charge in [0.05, 0.1) is 0 Å². The summed E-state index contributed by atoms with van der Waals surface area (Å²) < 4.78 is 0. The first kappa shape index (κ1) is 13.2. The number of hydrogen-bond donors (Lipinski definition) is 2. The molecule has 1 amide bonds. The topological polar surface area (TPSA) is 112 Å². The van der Waals surface area contributed by atoms with E-state index in [1.54, 1.807) is 24.3 Å². The van der Waals surface area contributed by atoms with Crippen LogP contribution >= 0.6 is 0 Å². The molecule has 2 aromatic rings. The van der Waals surface area contributed by atoms with Gasteiger partial charge >= 0.3 is 5.97 Å². The van der Waals surface area contributed by atoms with Gasteiger partial charge in [0.1, 0.15) is 6.54 Å². The Morgan fingerprint density at radius 1 is 1.38 bits per heavy atom. The van der Waals surface area contributed by atoms with Gasteiger partial charge in [-0.15, -0.1) is 10.2 Å². The Hall–Kier alpha value is -2.77. The molecule has 0 spiro atoms. The third-order valence-corrected chi connectivity index (χ3v) is 3.27. The van der Waals surface area contributed by atoms with E-state index >= 15 is 0 Å². The van der Waals surface area contributed by atoms with E-state index in [4.69, 9.17) is 5.11 Å². The number of amides is 1. The number of carbonyl (C=O) groups is 2. The molecule has 0 saturated heterocycles. The fraction of sp³-hybridized carbons (Fsp3) is 0.308. The minimum Gasteiger partial charge on any atom is -0.480 e. The molecule has 0 atom stereocenters. The number of nitrogens with one attached hydrogen (secondary N) is 1. The van der Waals surface area contributed by atoms with Gasteiger partial charge in [0.15, 0.2) is 0 Å². The number of carboxylic acids is 1. The molecule has 0 radical (unpaired) electrons. The summed E-state index contributed by atoms with van der Waals surface area (Å²) in [6.45, 7) is -0.282. The van der Waals surface area contributed by atoms with Crippen LogP contribution in [-0.4, -0.2) is 55.1 Å². The lowest BCUT2D eigenvalue weighted by Gasteiger charge is -2.20. The summed E-state index contributed by atoms with van der Waals surface area (Å²) in [6, 6.07) is 6.81. The first-order chi connectivity index (χ1) is 10.1. The molecule has 1 aliphatic rings. The summed E-state index contributed by atoms with van der Waals surface area (Å²) in [7, 11) is 0. The maximum absolute atomic E-state index is 12.5. The molecule has 1 saturated carbocycles. The number of carboxylic acid groups (broad SMARTS) is 1. The van der Waals surface area contributed by atoms with Crippen molar-refractivity contribution in [2.24, 2.45) is 0 Å². The van der Waals surface area contributed by atoms with Crippen molar-refractivity contribution in [2.75, 3.05) is 6.54 Å². The lowest BCUT2D eigenvalue weighted by Crippen LogP contribution is -2.37. The lowest BCUT2D eigenvalue weighted by atomic mass is 10.1. The van der Waals surface area contributed by atoms with E-state index in [1.165, 1.54) is 4.90 Å². The number of benzene rings is 1. The van der Waals surface area contributed by atoms with Crippen LogP contribution in [0.25, 0.3) is 11.4 Å². The highest BCUT2D eigenvalue weighted by molar-refractivity contribution is 5.97. The fourth-order valence-corrected chi connectivity index (χ4v) is 2.14. The number of rotatable bonds is 5. The van der Waals surface area contributed by atoms with Crippen molar-refractivity contribution >= 4 is 11.9 Å².